The lowest BCUT2D eigenvalue weighted by molar-refractivity contribution is 0.603. The van der Waals surface area contributed by atoms with E-state index in [0.717, 1.165) is 16.5 Å². The van der Waals surface area contributed by atoms with E-state index < -0.39 is 9.84 Å². The Kier molecular flexibility index (Phi) is 4.93. The summed E-state index contributed by atoms with van der Waals surface area (Å²) in [5.74, 6) is 0. The Morgan fingerprint density at radius 1 is 0.867 bits per heavy atom. The molecule has 0 radical (unpaired) electrons. The standard InChI is InChI=1S/C24H15N3O2S/c25-15-17-10-12-18(13-11-17)24-22(21-8-4-5-9-23(21)27-24)14-20(16-26)30(28,29)19-6-2-1-3-7-19/h1-14,27H/b20-14-. The van der Waals surface area contributed by atoms with Crippen molar-refractivity contribution in [1.82, 2.24) is 4.98 Å². The van der Waals surface area contributed by atoms with Crippen LogP contribution < -0.4 is 0 Å². The zero-order chi connectivity index (χ0) is 21.1. The van der Waals surface area contributed by atoms with E-state index in [2.05, 4.69) is 11.1 Å². The molecule has 30 heavy (non-hydrogen) atoms. The van der Waals surface area contributed by atoms with Crippen LogP contribution in [-0.2, 0) is 9.84 Å². The molecule has 0 atom stereocenters. The first-order chi connectivity index (χ1) is 14.5. The molecule has 0 amide bonds. The average molecular weight is 409 g/mol. The number of rotatable bonds is 4. The van der Waals surface area contributed by atoms with Crippen LogP contribution in [0.2, 0.25) is 0 Å². The number of sulfone groups is 1. The molecule has 0 spiro atoms. The van der Waals surface area contributed by atoms with Gasteiger partial charge in [0, 0.05) is 16.5 Å². The molecule has 4 aromatic rings. The highest BCUT2D eigenvalue weighted by molar-refractivity contribution is 7.95. The number of para-hydroxylation sites is 1. The van der Waals surface area contributed by atoms with Gasteiger partial charge in [-0.05, 0) is 42.0 Å². The predicted molar refractivity (Wildman–Crippen MR) is 116 cm³/mol. The van der Waals surface area contributed by atoms with E-state index in [4.69, 9.17) is 5.26 Å². The fourth-order valence-corrected chi connectivity index (χ4v) is 4.44. The van der Waals surface area contributed by atoms with Gasteiger partial charge in [0.05, 0.1) is 22.2 Å². The second-order valence-electron chi connectivity index (χ2n) is 6.59. The maximum Gasteiger partial charge on any atom is 0.216 e. The molecule has 144 valence electrons. The Hall–Kier alpha value is -4.13. The molecule has 6 heteroatoms. The number of fused-ring (bicyclic) bond motifs is 1. The minimum absolute atomic E-state index is 0.0672. The maximum absolute atomic E-state index is 13.0. The summed E-state index contributed by atoms with van der Waals surface area (Å²) < 4.78 is 26.0. The summed E-state index contributed by atoms with van der Waals surface area (Å²) in [7, 11) is -3.96. The quantitative estimate of drug-likeness (QED) is 0.477. The van der Waals surface area contributed by atoms with Crippen molar-refractivity contribution in [3.63, 3.8) is 0 Å². The number of nitrogens with zero attached hydrogens (tertiary/aromatic N) is 2. The molecular formula is C24H15N3O2S. The molecule has 0 fully saturated rings. The van der Waals surface area contributed by atoms with Gasteiger partial charge >= 0.3 is 0 Å². The average Bonchev–Trinajstić information content (AvgIpc) is 3.16. The summed E-state index contributed by atoms with van der Waals surface area (Å²) in [6.07, 6.45) is 1.41. The lowest BCUT2D eigenvalue weighted by Crippen LogP contribution is -2.03. The summed E-state index contributed by atoms with van der Waals surface area (Å²) in [4.78, 5) is 3.03. The zero-order valence-corrected chi connectivity index (χ0v) is 16.5. The van der Waals surface area contributed by atoms with Gasteiger partial charge < -0.3 is 4.98 Å². The van der Waals surface area contributed by atoms with E-state index in [1.807, 2.05) is 30.3 Å². The van der Waals surface area contributed by atoms with Gasteiger partial charge in [0.2, 0.25) is 9.84 Å². The molecular weight excluding hydrogens is 394 g/mol. The fraction of sp³-hybridized carbons (Fsp3) is 0. The number of hydrogen-bond donors (Lipinski definition) is 1. The van der Waals surface area contributed by atoms with Crippen molar-refractivity contribution in [2.45, 2.75) is 4.90 Å². The van der Waals surface area contributed by atoms with E-state index >= 15 is 0 Å². The highest BCUT2D eigenvalue weighted by Crippen LogP contribution is 2.33. The summed E-state index contributed by atoms with van der Waals surface area (Å²) in [6.45, 7) is 0. The van der Waals surface area contributed by atoms with Crippen LogP contribution in [0, 0.1) is 22.7 Å². The molecule has 0 saturated carbocycles. The minimum atomic E-state index is -3.96. The summed E-state index contributed by atoms with van der Waals surface area (Å²) in [5, 5.41) is 19.5. The van der Waals surface area contributed by atoms with E-state index in [0.29, 0.717) is 16.8 Å². The first kappa shape index (κ1) is 19.2. The normalized spacial score (nSPS) is 11.7. The van der Waals surface area contributed by atoms with Crippen LogP contribution in [0.3, 0.4) is 0 Å². The summed E-state index contributed by atoms with van der Waals surface area (Å²) in [5.41, 5.74) is 3.41. The number of allylic oxidation sites excluding steroid dienone is 1. The molecule has 0 bridgehead atoms. The van der Waals surface area contributed by atoms with Crippen LogP contribution in [0.5, 0.6) is 0 Å². The number of nitriles is 2. The Morgan fingerprint density at radius 3 is 2.20 bits per heavy atom. The highest BCUT2D eigenvalue weighted by Gasteiger charge is 2.22. The molecule has 0 aliphatic carbocycles. The number of H-pyrrole nitrogens is 1. The van der Waals surface area contributed by atoms with Crippen LogP contribution in [0.4, 0.5) is 0 Å². The van der Waals surface area contributed by atoms with Gasteiger partial charge in [-0.3, -0.25) is 0 Å². The number of hydrogen-bond acceptors (Lipinski definition) is 4. The third kappa shape index (κ3) is 3.37. The predicted octanol–water partition coefficient (Wildman–Crippen LogP) is 5.04. The molecule has 1 N–H and O–H groups in total. The largest absolute Gasteiger partial charge is 0.354 e. The summed E-state index contributed by atoms with van der Waals surface area (Å²) >= 11 is 0. The molecule has 3 aromatic carbocycles. The Balaban J connectivity index is 1.95. The molecule has 5 nitrogen and oxygen atoms in total. The second kappa shape index (κ2) is 7.71. The first-order valence-corrected chi connectivity index (χ1v) is 10.6. The van der Waals surface area contributed by atoms with E-state index in [9.17, 15) is 13.7 Å². The first-order valence-electron chi connectivity index (χ1n) is 9.08. The Bertz CT molecular complexity index is 1450. The summed E-state index contributed by atoms with van der Waals surface area (Å²) in [6, 6.07) is 26.3. The Labute approximate surface area is 174 Å². The number of aromatic amines is 1. The third-order valence-corrected chi connectivity index (χ3v) is 6.46. The van der Waals surface area contributed by atoms with Gasteiger partial charge in [-0.1, -0.05) is 48.5 Å². The second-order valence-corrected chi connectivity index (χ2v) is 8.50. The van der Waals surface area contributed by atoms with E-state index in [1.54, 1.807) is 42.5 Å². The highest BCUT2D eigenvalue weighted by atomic mass is 32.2. The number of benzene rings is 3. The molecule has 0 saturated heterocycles. The van der Waals surface area contributed by atoms with Crippen LogP contribution >= 0.6 is 0 Å². The topological polar surface area (TPSA) is 97.5 Å². The smallest absolute Gasteiger partial charge is 0.216 e. The molecule has 1 heterocycles. The molecule has 0 aliphatic rings. The van der Waals surface area contributed by atoms with Gasteiger partial charge in [0.25, 0.3) is 0 Å². The van der Waals surface area contributed by atoms with Gasteiger partial charge in [-0.2, -0.15) is 10.5 Å². The van der Waals surface area contributed by atoms with Crippen LogP contribution in [0.25, 0.3) is 28.2 Å². The van der Waals surface area contributed by atoms with Crippen molar-refractivity contribution in [1.29, 1.82) is 10.5 Å². The van der Waals surface area contributed by atoms with E-state index in [1.165, 1.54) is 18.2 Å². The van der Waals surface area contributed by atoms with Crippen LogP contribution in [0.15, 0.2) is 88.7 Å². The van der Waals surface area contributed by atoms with Crippen molar-refractivity contribution < 1.29 is 8.42 Å². The van der Waals surface area contributed by atoms with Crippen molar-refractivity contribution >= 4 is 26.8 Å². The van der Waals surface area contributed by atoms with E-state index in [-0.39, 0.29) is 9.80 Å². The van der Waals surface area contributed by atoms with Crippen molar-refractivity contribution in [2.75, 3.05) is 0 Å². The number of nitrogens with one attached hydrogen (secondary N) is 1. The van der Waals surface area contributed by atoms with Gasteiger partial charge in [0.1, 0.15) is 11.0 Å². The zero-order valence-electron chi connectivity index (χ0n) is 15.7. The van der Waals surface area contributed by atoms with Crippen molar-refractivity contribution in [3.05, 3.63) is 94.9 Å². The van der Waals surface area contributed by atoms with Crippen LogP contribution in [0.1, 0.15) is 11.1 Å². The van der Waals surface area contributed by atoms with Gasteiger partial charge in [0.15, 0.2) is 0 Å². The van der Waals surface area contributed by atoms with Gasteiger partial charge in [-0.25, -0.2) is 8.42 Å². The maximum atomic E-state index is 13.0. The molecule has 0 unspecified atom stereocenters. The lowest BCUT2D eigenvalue weighted by atomic mass is 10.0. The van der Waals surface area contributed by atoms with Crippen molar-refractivity contribution in [2.24, 2.45) is 0 Å². The Morgan fingerprint density at radius 2 is 1.53 bits per heavy atom. The fourth-order valence-electron chi connectivity index (χ4n) is 3.28. The lowest BCUT2D eigenvalue weighted by Gasteiger charge is -2.05. The number of aromatic nitrogens is 1. The SMILES string of the molecule is N#C/C(=C/c1c(-c2ccc(C#N)cc2)[nH]c2ccccc12)S(=O)(=O)c1ccccc1. The molecule has 4 rings (SSSR count). The van der Waals surface area contributed by atoms with Gasteiger partial charge in [-0.15, -0.1) is 0 Å². The van der Waals surface area contributed by atoms with Crippen LogP contribution in [-0.4, -0.2) is 13.4 Å². The molecule has 0 aliphatic heterocycles. The minimum Gasteiger partial charge on any atom is -0.354 e. The third-order valence-electron chi connectivity index (χ3n) is 4.78. The molecule has 1 aromatic heterocycles. The van der Waals surface area contributed by atoms with Crippen molar-refractivity contribution in [3.8, 4) is 23.4 Å². The monoisotopic (exact) mass is 409 g/mol.